The molecule has 0 saturated heterocycles. The number of carbonyl (C=O) groups is 1. The largest absolute Gasteiger partial charge is 0.409 e. The van der Waals surface area contributed by atoms with Crippen molar-refractivity contribution in [2.45, 2.75) is 6.92 Å². The number of nitrogens with two attached hydrogens (primary N) is 1. The molecular formula is C15H14FN3O2. The zero-order valence-electron chi connectivity index (χ0n) is 11.3. The predicted molar refractivity (Wildman–Crippen MR) is 78.0 cm³/mol. The fourth-order valence-electron chi connectivity index (χ4n) is 1.96. The van der Waals surface area contributed by atoms with E-state index in [0.29, 0.717) is 16.8 Å². The van der Waals surface area contributed by atoms with Crippen LogP contribution in [0.5, 0.6) is 0 Å². The van der Waals surface area contributed by atoms with Crippen LogP contribution in [0.2, 0.25) is 0 Å². The number of amides is 1. The zero-order chi connectivity index (χ0) is 15.4. The Morgan fingerprint density at radius 3 is 2.52 bits per heavy atom. The van der Waals surface area contributed by atoms with Gasteiger partial charge in [0.1, 0.15) is 5.82 Å². The molecule has 2 aromatic carbocycles. The second-order valence-corrected chi connectivity index (χ2v) is 4.44. The fraction of sp³-hybridized carbons (Fsp3) is 0.0667. The number of benzene rings is 2. The van der Waals surface area contributed by atoms with Crippen molar-refractivity contribution in [2.75, 3.05) is 5.32 Å². The molecule has 0 aliphatic rings. The molecule has 0 fully saturated rings. The number of aryl methyl sites for hydroxylation is 1. The molecule has 0 heterocycles. The van der Waals surface area contributed by atoms with Crippen molar-refractivity contribution in [1.82, 2.24) is 0 Å². The third-order valence-corrected chi connectivity index (χ3v) is 2.99. The van der Waals surface area contributed by atoms with Gasteiger partial charge in [-0.15, -0.1) is 0 Å². The number of nitrogens with one attached hydrogen (secondary N) is 1. The third-order valence-electron chi connectivity index (χ3n) is 2.99. The molecule has 2 aromatic rings. The number of oxime groups is 1. The van der Waals surface area contributed by atoms with Gasteiger partial charge in [0.05, 0.1) is 5.69 Å². The van der Waals surface area contributed by atoms with Gasteiger partial charge in [0, 0.05) is 11.1 Å². The monoisotopic (exact) mass is 287 g/mol. The van der Waals surface area contributed by atoms with Crippen LogP contribution < -0.4 is 11.1 Å². The number of hydrogen-bond donors (Lipinski definition) is 3. The molecule has 0 aliphatic carbocycles. The van der Waals surface area contributed by atoms with Gasteiger partial charge in [-0.25, -0.2) is 4.39 Å². The molecule has 0 bridgehead atoms. The second-order valence-electron chi connectivity index (χ2n) is 4.44. The van der Waals surface area contributed by atoms with Gasteiger partial charge in [-0.2, -0.15) is 0 Å². The first-order valence-electron chi connectivity index (χ1n) is 6.17. The summed E-state index contributed by atoms with van der Waals surface area (Å²) < 4.78 is 12.9. The highest BCUT2D eigenvalue weighted by molar-refractivity contribution is 6.10. The van der Waals surface area contributed by atoms with Gasteiger partial charge in [-0.05, 0) is 42.8 Å². The van der Waals surface area contributed by atoms with Crippen molar-refractivity contribution >= 4 is 17.4 Å². The predicted octanol–water partition coefficient (Wildman–Crippen LogP) is 2.48. The highest BCUT2D eigenvalue weighted by Crippen LogP contribution is 2.20. The van der Waals surface area contributed by atoms with Crippen LogP contribution in [0, 0.1) is 12.7 Å². The molecule has 0 unspecified atom stereocenters. The lowest BCUT2D eigenvalue weighted by Gasteiger charge is -2.12. The number of carbonyl (C=O) groups excluding carboxylic acids is 1. The zero-order valence-corrected chi connectivity index (χ0v) is 11.3. The van der Waals surface area contributed by atoms with Crippen molar-refractivity contribution in [3.8, 4) is 0 Å². The minimum Gasteiger partial charge on any atom is -0.409 e. The summed E-state index contributed by atoms with van der Waals surface area (Å²) >= 11 is 0. The third kappa shape index (κ3) is 3.17. The number of amidine groups is 1. The number of halogens is 1. The maximum atomic E-state index is 12.9. The van der Waals surface area contributed by atoms with E-state index in [1.165, 1.54) is 24.3 Å². The Balaban J connectivity index is 2.33. The van der Waals surface area contributed by atoms with E-state index in [2.05, 4.69) is 10.5 Å². The average molecular weight is 287 g/mol. The van der Waals surface area contributed by atoms with Crippen LogP contribution in [0.3, 0.4) is 0 Å². The van der Waals surface area contributed by atoms with Gasteiger partial charge in [-0.1, -0.05) is 17.3 Å². The molecule has 1 amide bonds. The first-order valence-corrected chi connectivity index (χ1v) is 6.17. The Morgan fingerprint density at radius 1 is 1.24 bits per heavy atom. The minimum absolute atomic E-state index is 0.0949. The topological polar surface area (TPSA) is 87.7 Å². The van der Waals surface area contributed by atoms with Crippen LogP contribution in [0.25, 0.3) is 0 Å². The summed E-state index contributed by atoms with van der Waals surface area (Å²) in [4.78, 5) is 12.1. The highest BCUT2D eigenvalue weighted by atomic mass is 19.1. The molecule has 108 valence electrons. The molecule has 0 saturated carbocycles. The normalized spacial score (nSPS) is 11.2. The minimum atomic E-state index is -0.417. The Bertz CT molecular complexity index is 697. The first kappa shape index (κ1) is 14.5. The van der Waals surface area contributed by atoms with Crippen molar-refractivity contribution in [2.24, 2.45) is 10.9 Å². The van der Waals surface area contributed by atoms with E-state index in [0.717, 1.165) is 5.56 Å². The molecule has 0 radical (unpaired) electrons. The maximum absolute atomic E-state index is 12.9. The molecule has 2 rings (SSSR count). The van der Waals surface area contributed by atoms with Crippen LogP contribution >= 0.6 is 0 Å². The second kappa shape index (κ2) is 6.04. The number of hydrogen-bond acceptors (Lipinski definition) is 3. The Hall–Kier alpha value is -2.89. The van der Waals surface area contributed by atoms with E-state index < -0.39 is 11.7 Å². The summed E-state index contributed by atoms with van der Waals surface area (Å²) in [6.45, 7) is 1.78. The Morgan fingerprint density at radius 2 is 1.90 bits per heavy atom. The summed E-state index contributed by atoms with van der Waals surface area (Å²) in [6, 6.07) is 10.3. The van der Waals surface area contributed by atoms with Gasteiger partial charge in [0.25, 0.3) is 5.91 Å². The van der Waals surface area contributed by atoms with Crippen molar-refractivity contribution < 1.29 is 14.4 Å². The number of rotatable bonds is 3. The summed E-state index contributed by atoms with van der Waals surface area (Å²) in [7, 11) is 0. The highest BCUT2D eigenvalue weighted by Gasteiger charge is 2.13. The standard InChI is InChI=1S/C15H14FN3O2/c1-9-3-2-4-12(13(9)14(17)19-21)18-15(20)10-5-7-11(16)8-6-10/h2-8,21H,1H3,(H2,17,19)(H,18,20). The van der Waals surface area contributed by atoms with Crippen LogP contribution in [0.4, 0.5) is 10.1 Å². The molecule has 6 heteroatoms. The molecule has 0 spiro atoms. The molecule has 0 aromatic heterocycles. The van der Waals surface area contributed by atoms with Crippen LogP contribution in [0.15, 0.2) is 47.6 Å². The fourth-order valence-corrected chi connectivity index (χ4v) is 1.96. The van der Waals surface area contributed by atoms with E-state index in [4.69, 9.17) is 10.9 Å². The van der Waals surface area contributed by atoms with E-state index in [1.54, 1.807) is 25.1 Å². The van der Waals surface area contributed by atoms with Crippen LogP contribution in [-0.2, 0) is 0 Å². The van der Waals surface area contributed by atoms with E-state index in [1.807, 2.05) is 0 Å². The number of anilines is 1. The van der Waals surface area contributed by atoms with Gasteiger partial charge in [-0.3, -0.25) is 4.79 Å². The molecule has 4 N–H and O–H groups in total. The molecule has 0 atom stereocenters. The summed E-state index contributed by atoms with van der Waals surface area (Å²) in [5.41, 5.74) is 7.55. The van der Waals surface area contributed by atoms with Gasteiger partial charge in [0.2, 0.25) is 0 Å². The Kier molecular flexibility index (Phi) is 4.18. The Labute approximate surface area is 120 Å². The summed E-state index contributed by atoms with van der Waals surface area (Å²) in [6.07, 6.45) is 0. The average Bonchev–Trinajstić information content (AvgIpc) is 2.47. The molecule has 21 heavy (non-hydrogen) atoms. The van der Waals surface area contributed by atoms with Gasteiger partial charge >= 0.3 is 0 Å². The van der Waals surface area contributed by atoms with E-state index in [9.17, 15) is 9.18 Å². The van der Waals surface area contributed by atoms with Crippen molar-refractivity contribution in [3.63, 3.8) is 0 Å². The quantitative estimate of drug-likeness (QED) is 0.351. The lowest BCUT2D eigenvalue weighted by Crippen LogP contribution is -2.20. The molecular weight excluding hydrogens is 273 g/mol. The lowest BCUT2D eigenvalue weighted by atomic mass is 10.1. The maximum Gasteiger partial charge on any atom is 0.255 e. The van der Waals surface area contributed by atoms with E-state index >= 15 is 0 Å². The van der Waals surface area contributed by atoms with Crippen molar-refractivity contribution in [1.29, 1.82) is 0 Å². The summed E-state index contributed by atoms with van der Waals surface area (Å²) in [5, 5.41) is 14.5. The number of nitrogens with zero attached hydrogens (tertiary/aromatic N) is 1. The smallest absolute Gasteiger partial charge is 0.255 e. The van der Waals surface area contributed by atoms with Crippen LogP contribution in [-0.4, -0.2) is 17.0 Å². The SMILES string of the molecule is Cc1cccc(NC(=O)c2ccc(F)cc2)c1/C(N)=N/O. The molecule has 0 aliphatic heterocycles. The van der Waals surface area contributed by atoms with Crippen molar-refractivity contribution in [3.05, 3.63) is 65.0 Å². The van der Waals surface area contributed by atoms with Crippen LogP contribution in [0.1, 0.15) is 21.5 Å². The van der Waals surface area contributed by atoms with Gasteiger partial charge < -0.3 is 16.3 Å². The van der Waals surface area contributed by atoms with E-state index in [-0.39, 0.29) is 5.84 Å². The lowest BCUT2D eigenvalue weighted by molar-refractivity contribution is 0.102. The van der Waals surface area contributed by atoms with Gasteiger partial charge in [0.15, 0.2) is 5.84 Å². The molecule has 5 nitrogen and oxygen atoms in total. The first-order chi connectivity index (χ1) is 10.0. The summed E-state index contributed by atoms with van der Waals surface area (Å²) in [5.74, 6) is -0.922.